The van der Waals surface area contributed by atoms with Gasteiger partial charge in [-0.1, -0.05) is 0 Å². The summed E-state index contributed by atoms with van der Waals surface area (Å²) >= 11 is 0. The minimum absolute atomic E-state index is 0. The van der Waals surface area contributed by atoms with Crippen molar-refractivity contribution in [2.75, 3.05) is 0 Å². The Hall–Kier alpha value is 0.758. The molecule has 2 N–H and O–H groups in total. The first-order valence-corrected chi connectivity index (χ1v) is 2.06. The van der Waals surface area contributed by atoms with Crippen LogP contribution in [0.2, 0.25) is 0 Å². The molecular formula is C4H7NaO4Sb. The Labute approximate surface area is 97.7 Å². The SMILES string of the molecule is O=C(O)CCC(=O)O.[NaH].[Sb]. The maximum absolute atomic E-state index is 9.64. The molecular weight excluding hydrogens is 257 g/mol. The summed E-state index contributed by atoms with van der Waals surface area (Å²) in [4.78, 5) is 19.3. The average Bonchev–Trinajstić information content (AvgIpc) is 1.61. The third kappa shape index (κ3) is 15.9. The standard InChI is InChI=1S/C4H6O4.Na.Sb.H/c5-3(6)1-2-4(7)8;;;/h1-2H2,(H,5,6)(H,7,8);;;. The first-order valence-electron chi connectivity index (χ1n) is 2.06. The Kier molecular flexibility index (Phi) is 16.6. The molecule has 0 saturated carbocycles. The topological polar surface area (TPSA) is 74.6 Å². The van der Waals surface area contributed by atoms with Crippen LogP contribution in [0.5, 0.6) is 0 Å². The van der Waals surface area contributed by atoms with Gasteiger partial charge in [-0.05, 0) is 0 Å². The first kappa shape index (κ1) is 17.0. The molecule has 6 heteroatoms. The van der Waals surface area contributed by atoms with E-state index in [0.29, 0.717) is 0 Å². The molecule has 53 valence electrons. The van der Waals surface area contributed by atoms with Crippen LogP contribution in [0, 0.1) is 0 Å². The molecule has 0 rings (SSSR count). The van der Waals surface area contributed by atoms with Crippen LogP contribution in [0.1, 0.15) is 12.8 Å². The molecule has 0 atom stereocenters. The minimum atomic E-state index is -1.08. The fraction of sp³-hybridized carbons (Fsp3) is 0.500. The van der Waals surface area contributed by atoms with Crippen LogP contribution in [-0.2, 0) is 9.59 Å². The van der Waals surface area contributed by atoms with E-state index in [9.17, 15) is 9.59 Å². The monoisotopic (exact) mass is 263 g/mol. The van der Waals surface area contributed by atoms with Crippen molar-refractivity contribution >= 4 is 65.9 Å². The maximum Gasteiger partial charge on any atom is 0 e. The van der Waals surface area contributed by atoms with Crippen molar-refractivity contribution in [3.8, 4) is 0 Å². The molecule has 0 heterocycles. The Balaban J connectivity index is -0.000000245. The number of hydrogen-bond acceptors (Lipinski definition) is 2. The van der Waals surface area contributed by atoms with Crippen molar-refractivity contribution in [2.24, 2.45) is 0 Å². The molecule has 0 aliphatic carbocycles. The molecule has 0 unspecified atom stereocenters. The van der Waals surface area contributed by atoms with Gasteiger partial charge < -0.3 is 10.2 Å². The van der Waals surface area contributed by atoms with Gasteiger partial charge in [0.2, 0.25) is 0 Å². The summed E-state index contributed by atoms with van der Waals surface area (Å²) < 4.78 is 0. The fourth-order valence-corrected chi connectivity index (χ4v) is 0.214. The zero-order chi connectivity index (χ0) is 6.57. The van der Waals surface area contributed by atoms with E-state index in [1.807, 2.05) is 0 Å². The Morgan fingerprint density at radius 3 is 1.30 bits per heavy atom. The van der Waals surface area contributed by atoms with Gasteiger partial charge in [-0.15, -0.1) is 0 Å². The molecule has 0 bridgehead atoms. The molecule has 0 aromatic rings. The third-order valence-electron chi connectivity index (χ3n) is 0.553. The van der Waals surface area contributed by atoms with Crippen LogP contribution < -0.4 is 0 Å². The molecule has 0 aliphatic rings. The number of carbonyl (C=O) groups is 2. The van der Waals surface area contributed by atoms with Gasteiger partial charge in [0.1, 0.15) is 0 Å². The number of aliphatic carboxylic acids is 2. The van der Waals surface area contributed by atoms with E-state index in [0.717, 1.165) is 0 Å². The van der Waals surface area contributed by atoms with Crippen molar-refractivity contribution < 1.29 is 19.8 Å². The van der Waals surface area contributed by atoms with Gasteiger partial charge in [-0.2, -0.15) is 0 Å². The van der Waals surface area contributed by atoms with Gasteiger partial charge in [-0.25, -0.2) is 0 Å². The van der Waals surface area contributed by atoms with Crippen LogP contribution >= 0.6 is 0 Å². The van der Waals surface area contributed by atoms with Crippen LogP contribution in [0.4, 0.5) is 0 Å². The van der Waals surface area contributed by atoms with Crippen molar-refractivity contribution in [3.05, 3.63) is 0 Å². The first-order chi connectivity index (χ1) is 3.63. The predicted octanol–water partition coefficient (Wildman–Crippen LogP) is -1.09. The van der Waals surface area contributed by atoms with E-state index in [1.54, 1.807) is 0 Å². The molecule has 4 nitrogen and oxygen atoms in total. The van der Waals surface area contributed by atoms with Crippen LogP contribution in [0.15, 0.2) is 0 Å². The summed E-state index contributed by atoms with van der Waals surface area (Å²) in [5.41, 5.74) is 0. The van der Waals surface area contributed by atoms with Crippen molar-refractivity contribution in [1.29, 1.82) is 0 Å². The van der Waals surface area contributed by atoms with E-state index in [1.165, 1.54) is 0 Å². The number of rotatable bonds is 3. The average molecular weight is 264 g/mol. The molecule has 10 heavy (non-hydrogen) atoms. The van der Waals surface area contributed by atoms with Gasteiger partial charge in [0.25, 0.3) is 0 Å². The third-order valence-corrected chi connectivity index (χ3v) is 0.553. The largest absolute Gasteiger partial charge is 0 e. The molecule has 0 aromatic heterocycles. The zero-order valence-electron chi connectivity index (χ0n) is 4.57. The van der Waals surface area contributed by atoms with Crippen LogP contribution in [0.3, 0.4) is 0 Å². The number of carboxylic acid groups (broad SMARTS) is 2. The van der Waals surface area contributed by atoms with E-state index in [2.05, 4.69) is 0 Å². The second-order valence-electron chi connectivity index (χ2n) is 1.29. The smallest absolute Gasteiger partial charge is 0 e. The Morgan fingerprint density at radius 2 is 1.20 bits per heavy atom. The van der Waals surface area contributed by atoms with Crippen molar-refractivity contribution in [3.63, 3.8) is 0 Å². The molecule has 3 radical (unpaired) electrons. The van der Waals surface area contributed by atoms with E-state index in [-0.39, 0.29) is 66.8 Å². The van der Waals surface area contributed by atoms with E-state index in [4.69, 9.17) is 10.2 Å². The predicted molar refractivity (Wildman–Crippen MR) is 37.4 cm³/mol. The molecule has 0 aromatic carbocycles. The van der Waals surface area contributed by atoms with Gasteiger partial charge >= 0.3 is 41.5 Å². The quantitative estimate of drug-likeness (QED) is 0.635. The van der Waals surface area contributed by atoms with Gasteiger partial charge in [0.15, 0.2) is 0 Å². The molecule has 0 aliphatic heterocycles. The number of carboxylic acids is 2. The molecule has 0 fully saturated rings. The van der Waals surface area contributed by atoms with E-state index >= 15 is 0 Å². The summed E-state index contributed by atoms with van der Waals surface area (Å²) in [5, 5.41) is 15.8. The van der Waals surface area contributed by atoms with Gasteiger partial charge in [-0.3, -0.25) is 9.59 Å². The van der Waals surface area contributed by atoms with Crippen LogP contribution in [0.25, 0.3) is 0 Å². The second-order valence-corrected chi connectivity index (χ2v) is 1.29. The maximum atomic E-state index is 9.64. The van der Waals surface area contributed by atoms with Crippen LogP contribution in [-0.4, -0.2) is 76.1 Å². The molecule has 0 spiro atoms. The zero-order valence-corrected chi connectivity index (χ0v) is 7.13. The molecule has 0 amide bonds. The number of hydrogen-bond donors (Lipinski definition) is 2. The van der Waals surface area contributed by atoms with Crippen molar-refractivity contribution in [1.82, 2.24) is 0 Å². The molecule has 0 saturated heterocycles. The van der Waals surface area contributed by atoms with Gasteiger partial charge in [0, 0.05) is 24.4 Å². The van der Waals surface area contributed by atoms with Gasteiger partial charge in [0.05, 0.1) is 12.8 Å². The van der Waals surface area contributed by atoms with Crippen molar-refractivity contribution in [2.45, 2.75) is 12.8 Å². The summed E-state index contributed by atoms with van der Waals surface area (Å²) in [6.45, 7) is 0. The van der Waals surface area contributed by atoms with E-state index < -0.39 is 11.9 Å². The fourth-order valence-electron chi connectivity index (χ4n) is 0.214. The summed E-state index contributed by atoms with van der Waals surface area (Å²) in [5.74, 6) is -2.15. The minimum Gasteiger partial charge on any atom is 0 e. The Morgan fingerprint density at radius 1 is 1.00 bits per heavy atom. The summed E-state index contributed by atoms with van der Waals surface area (Å²) in [7, 11) is 0. The summed E-state index contributed by atoms with van der Waals surface area (Å²) in [6.07, 6.45) is -0.593. The summed E-state index contributed by atoms with van der Waals surface area (Å²) in [6, 6.07) is 0. The Bertz CT molecular complexity index is 102. The second kappa shape index (κ2) is 9.76. The normalized spacial score (nSPS) is 6.80.